The average molecular weight is 256 g/mol. The van der Waals surface area contributed by atoms with E-state index in [-0.39, 0.29) is 0 Å². The molecule has 2 rings (SSSR count). The minimum Gasteiger partial charge on any atom is -0.495 e. The number of nitrogens with zero attached hydrogens (tertiary/aromatic N) is 1. The number of nitrogens with one attached hydrogen (secondary N) is 1. The lowest BCUT2D eigenvalue weighted by Crippen LogP contribution is -2.11. The average Bonchev–Trinajstić information content (AvgIpc) is 2.46. The molecule has 0 aromatic heterocycles. The zero-order chi connectivity index (χ0) is 13.8. The van der Waals surface area contributed by atoms with E-state index >= 15 is 0 Å². The van der Waals surface area contributed by atoms with E-state index in [1.807, 2.05) is 20.2 Å². The van der Waals surface area contributed by atoms with Crippen LogP contribution in [0.15, 0.2) is 42.5 Å². The van der Waals surface area contributed by atoms with Gasteiger partial charge in [-0.25, -0.2) is 0 Å². The number of hydrogen-bond donors (Lipinski definition) is 1. The monoisotopic (exact) mass is 256 g/mol. The molecule has 19 heavy (non-hydrogen) atoms. The molecule has 0 fully saturated rings. The van der Waals surface area contributed by atoms with Gasteiger partial charge in [-0.05, 0) is 48.9 Å². The highest BCUT2D eigenvalue weighted by Gasteiger charge is 2.10. The Morgan fingerprint density at radius 3 is 2.32 bits per heavy atom. The van der Waals surface area contributed by atoms with Crippen LogP contribution in [-0.2, 0) is 0 Å². The Labute approximate surface area is 114 Å². The smallest absolute Gasteiger partial charge is 0.142 e. The molecule has 0 aliphatic heterocycles. The van der Waals surface area contributed by atoms with Gasteiger partial charge in [-0.15, -0.1) is 0 Å². The van der Waals surface area contributed by atoms with E-state index in [2.05, 4.69) is 53.5 Å². The van der Waals surface area contributed by atoms with Crippen molar-refractivity contribution in [2.45, 2.75) is 6.92 Å². The Bertz CT molecular complexity index is 549. The van der Waals surface area contributed by atoms with Crippen LogP contribution in [0.2, 0.25) is 0 Å². The van der Waals surface area contributed by atoms with Crippen LogP contribution in [0.5, 0.6) is 5.75 Å². The minimum atomic E-state index is 0.880. The van der Waals surface area contributed by atoms with Crippen LogP contribution in [0, 0.1) is 6.92 Å². The molecule has 1 N–H and O–H groups in total. The van der Waals surface area contributed by atoms with Gasteiger partial charge in [-0.1, -0.05) is 6.07 Å². The van der Waals surface area contributed by atoms with Crippen LogP contribution >= 0.6 is 0 Å². The molecule has 0 heterocycles. The Hall–Kier alpha value is -2.16. The number of anilines is 3. The summed E-state index contributed by atoms with van der Waals surface area (Å²) in [6, 6.07) is 14.5. The molecule has 0 aliphatic rings. The summed E-state index contributed by atoms with van der Waals surface area (Å²) in [5.74, 6) is 0.880. The van der Waals surface area contributed by atoms with Crippen LogP contribution in [-0.4, -0.2) is 21.2 Å². The topological polar surface area (TPSA) is 24.5 Å². The van der Waals surface area contributed by atoms with E-state index in [1.165, 1.54) is 5.56 Å². The second-order valence-corrected chi connectivity index (χ2v) is 4.53. The molecule has 3 nitrogen and oxygen atoms in total. The van der Waals surface area contributed by atoms with E-state index in [0.29, 0.717) is 0 Å². The quantitative estimate of drug-likeness (QED) is 0.900. The maximum absolute atomic E-state index is 5.43. The maximum atomic E-state index is 5.43. The summed E-state index contributed by atoms with van der Waals surface area (Å²) in [7, 11) is 5.67. The standard InChI is InChI=1S/C16H20N2O/c1-12-5-10-16(19-4)15(11-12)18(3)14-8-6-13(17-2)7-9-14/h5-11,17H,1-4H3. The Kier molecular flexibility index (Phi) is 3.95. The molecular formula is C16H20N2O. The summed E-state index contributed by atoms with van der Waals surface area (Å²) in [6.45, 7) is 2.08. The van der Waals surface area contributed by atoms with Crippen molar-refractivity contribution in [3.63, 3.8) is 0 Å². The molecule has 0 atom stereocenters. The predicted molar refractivity (Wildman–Crippen MR) is 81.8 cm³/mol. The lowest BCUT2D eigenvalue weighted by atomic mass is 10.1. The molecule has 3 heteroatoms. The molecule has 0 radical (unpaired) electrons. The third-order valence-corrected chi connectivity index (χ3v) is 3.24. The van der Waals surface area contributed by atoms with Gasteiger partial charge in [0.25, 0.3) is 0 Å². The minimum absolute atomic E-state index is 0.880. The van der Waals surface area contributed by atoms with Crippen LogP contribution in [0.4, 0.5) is 17.1 Å². The number of methoxy groups -OCH3 is 1. The van der Waals surface area contributed by atoms with E-state index in [4.69, 9.17) is 4.74 Å². The third-order valence-electron chi connectivity index (χ3n) is 3.24. The lowest BCUT2D eigenvalue weighted by molar-refractivity contribution is 0.415. The Balaban J connectivity index is 2.36. The first kappa shape index (κ1) is 13.3. The van der Waals surface area contributed by atoms with Crippen molar-refractivity contribution < 1.29 is 4.74 Å². The molecule has 2 aromatic carbocycles. The number of ether oxygens (including phenoxy) is 1. The summed E-state index contributed by atoms with van der Waals surface area (Å²) < 4.78 is 5.43. The van der Waals surface area contributed by atoms with Gasteiger partial charge in [0, 0.05) is 25.5 Å². The van der Waals surface area contributed by atoms with Gasteiger partial charge in [-0.3, -0.25) is 0 Å². The molecule has 0 bridgehead atoms. The zero-order valence-corrected chi connectivity index (χ0v) is 11.9. The highest BCUT2D eigenvalue weighted by Crippen LogP contribution is 2.33. The maximum Gasteiger partial charge on any atom is 0.142 e. The summed E-state index contributed by atoms with van der Waals surface area (Å²) >= 11 is 0. The molecule has 0 saturated carbocycles. The van der Waals surface area contributed by atoms with Crippen molar-refractivity contribution in [3.05, 3.63) is 48.0 Å². The van der Waals surface area contributed by atoms with Gasteiger partial charge < -0.3 is 15.0 Å². The number of aryl methyl sites for hydroxylation is 1. The van der Waals surface area contributed by atoms with Crippen molar-refractivity contribution in [1.82, 2.24) is 0 Å². The van der Waals surface area contributed by atoms with E-state index in [1.54, 1.807) is 7.11 Å². The van der Waals surface area contributed by atoms with Crippen molar-refractivity contribution in [1.29, 1.82) is 0 Å². The van der Waals surface area contributed by atoms with E-state index in [0.717, 1.165) is 22.8 Å². The summed E-state index contributed by atoms with van der Waals surface area (Å²) in [5.41, 5.74) is 4.52. The normalized spacial score (nSPS) is 10.1. The second kappa shape index (κ2) is 5.65. The van der Waals surface area contributed by atoms with Crippen LogP contribution in [0.3, 0.4) is 0 Å². The Morgan fingerprint density at radius 1 is 1.05 bits per heavy atom. The van der Waals surface area contributed by atoms with Crippen molar-refractivity contribution in [2.75, 3.05) is 31.4 Å². The van der Waals surface area contributed by atoms with E-state index in [9.17, 15) is 0 Å². The molecule has 0 saturated heterocycles. The number of benzene rings is 2. The fourth-order valence-corrected chi connectivity index (χ4v) is 2.05. The molecular weight excluding hydrogens is 236 g/mol. The SMILES string of the molecule is CNc1ccc(N(C)c2cc(C)ccc2OC)cc1. The van der Waals surface area contributed by atoms with Crippen LogP contribution in [0.25, 0.3) is 0 Å². The highest BCUT2D eigenvalue weighted by molar-refractivity contribution is 5.70. The third kappa shape index (κ3) is 2.81. The summed E-state index contributed by atoms with van der Waals surface area (Å²) in [5, 5.41) is 3.12. The van der Waals surface area contributed by atoms with E-state index < -0.39 is 0 Å². The van der Waals surface area contributed by atoms with Crippen molar-refractivity contribution in [3.8, 4) is 5.75 Å². The van der Waals surface area contributed by atoms with Crippen LogP contribution in [0.1, 0.15) is 5.56 Å². The fraction of sp³-hybridized carbons (Fsp3) is 0.250. The lowest BCUT2D eigenvalue weighted by Gasteiger charge is -2.22. The second-order valence-electron chi connectivity index (χ2n) is 4.53. The molecule has 2 aromatic rings. The molecule has 0 aliphatic carbocycles. The highest BCUT2D eigenvalue weighted by atomic mass is 16.5. The number of hydrogen-bond acceptors (Lipinski definition) is 3. The summed E-state index contributed by atoms with van der Waals surface area (Å²) in [6.07, 6.45) is 0. The van der Waals surface area contributed by atoms with Gasteiger partial charge in [0.1, 0.15) is 5.75 Å². The van der Waals surface area contributed by atoms with Gasteiger partial charge in [0.05, 0.1) is 12.8 Å². The van der Waals surface area contributed by atoms with Gasteiger partial charge in [0.2, 0.25) is 0 Å². The van der Waals surface area contributed by atoms with Gasteiger partial charge in [0.15, 0.2) is 0 Å². The van der Waals surface area contributed by atoms with Crippen LogP contribution < -0.4 is 15.0 Å². The Morgan fingerprint density at radius 2 is 1.74 bits per heavy atom. The first-order chi connectivity index (χ1) is 9.15. The molecule has 0 spiro atoms. The molecule has 0 unspecified atom stereocenters. The summed E-state index contributed by atoms with van der Waals surface area (Å²) in [4.78, 5) is 2.13. The largest absolute Gasteiger partial charge is 0.495 e. The van der Waals surface area contributed by atoms with Crippen molar-refractivity contribution in [2.24, 2.45) is 0 Å². The van der Waals surface area contributed by atoms with Gasteiger partial charge >= 0.3 is 0 Å². The fourth-order valence-electron chi connectivity index (χ4n) is 2.05. The molecule has 100 valence electrons. The van der Waals surface area contributed by atoms with Crippen molar-refractivity contribution >= 4 is 17.1 Å². The van der Waals surface area contributed by atoms with Gasteiger partial charge in [-0.2, -0.15) is 0 Å². The first-order valence-electron chi connectivity index (χ1n) is 6.32. The predicted octanol–water partition coefficient (Wildman–Crippen LogP) is 3.81. The molecule has 0 amide bonds. The zero-order valence-electron chi connectivity index (χ0n) is 11.9. The number of rotatable bonds is 4. The first-order valence-corrected chi connectivity index (χ1v) is 6.32.